The van der Waals surface area contributed by atoms with Crippen LogP contribution in [0.1, 0.15) is 19.8 Å². The van der Waals surface area contributed by atoms with E-state index >= 15 is 0 Å². The van der Waals surface area contributed by atoms with E-state index in [0.717, 1.165) is 5.71 Å². The Bertz CT molecular complexity index is 578. The summed E-state index contributed by atoms with van der Waals surface area (Å²) in [5.41, 5.74) is 4.33. The van der Waals surface area contributed by atoms with E-state index in [2.05, 4.69) is 10.5 Å². The van der Waals surface area contributed by atoms with E-state index in [0.29, 0.717) is 38.2 Å². The van der Waals surface area contributed by atoms with Crippen molar-refractivity contribution in [1.29, 1.82) is 0 Å². The van der Waals surface area contributed by atoms with Crippen LogP contribution >= 0.6 is 0 Å². The molecule has 1 aromatic rings. The van der Waals surface area contributed by atoms with Crippen molar-refractivity contribution < 1.29 is 14.5 Å². The predicted molar refractivity (Wildman–Crippen MR) is 82.0 cm³/mol. The van der Waals surface area contributed by atoms with Gasteiger partial charge in [-0.3, -0.25) is 15.5 Å². The van der Waals surface area contributed by atoms with Gasteiger partial charge >= 0.3 is 6.09 Å². The Kier molecular flexibility index (Phi) is 5.29. The summed E-state index contributed by atoms with van der Waals surface area (Å²) in [6.07, 6.45) is 1.01. The number of likely N-dealkylation sites (tertiary alicyclic amines) is 1. The highest BCUT2D eigenvalue weighted by Crippen LogP contribution is 2.17. The van der Waals surface area contributed by atoms with Crippen LogP contribution in [0.2, 0.25) is 0 Å². The summed E-state index contributed by atoms with van der Waals surface area (Å²) in [4.78, 5) is 23.5. The molecule has 1 heterocycles. The van der Waals surface area contributed by atoms with Crippen molar-refractivity contribution in [2.45, 2.75) is 19.8 Å². The zero-order chi connectivity index (χ0) is 15.9. The molecule has 1 amide bonds. The van der Waals surface area contributed by atoms with E-state index in [4.69, 9.17) is 4.74 Å². The molecule has 0 bridgehead atoms. The fourth-order valence-electron chi connectivity index (χ4n) is 2.11. The third kappa shape index (κ3) is 4.18. The number of anilines is 1. The van der Waals surface area contributed by atoms with Crippen molar-refractivity contribution in [3.05, 3.63) is 34.4 Å². The molecule has 0 aliphatic carbocycles. The third-order valence-corrected chi connectivity index (χ3v) is 3.27. The van der Waals surface area contributed by atoms with Gasteiger partial charge in [-0.1, -0.05) is 6.07 Å². The Morgan fingerprint density at radius 3 is 2.82 bits per heavy atom. The minimum Gasteiger partial charge on any atom is -0.450 e. The molecule has 1 aliphatic heterocycles. The summed E-state index contributed by atoms with van der Waals surface area (Å²) in [5, 5.41) is 15.0. The van der Waals surface area contributed by atoms with Crippen molar-refractivity contribution >= 4 is 23.2 Å². The molecule has 8 heteroatoms. The van der Waals surface area contributed by atoms with Crippen LogP contribution in [0.5, 0.6) is 0 Å². The number of carbonyl (C=O) groups is 1. The lowest BCUT2D eigenvalue weighted by Crippen LogP contribution is -2.39. The molecule has 0 spiro atoms. The molecule has 1 aromatic carbocycles. The molecule has 0 unspecified atom stereocenters. The lowest BCUT2D eigenvalue weighted by molar-refractivity contribution is -0.384. The van der Waals surface area contributed by atoms with Crippen molar-refractivity contribution in [3.8, 4) is 0 Å². The maximum atomic E-state index is 11.6. The number of piperidine rings is 1. The van der Waals surface area contributed by atoms with E-state index in [1.807, 2.05) is 0 Å². The van der Waals surface area contributed by atoms with Crippen molar-refractivity contribution in [3.63, 3.8) is 0 Å². The van der Waals surface area contributed by atoms with Crippen molar-refractivity contribution in [2.24, 2.45) is 5.10 Å². The van der Waals surface area contributed by atoms with E-state index in [-0.39, 0.29) is 11.8 Å². The SMILES string of the molecule is CCOC(=O)N1CCC(=NNc2cccc([N+](=O)[O-])c2)CC1. The number of carbonyl (C=O) groups excluding carboxylic acids is 1. The molecule has 0 radical (unpaired) electrons. The number of amides is 1. The predicted octanol–water partition coefficient (Wildman–Crippen LogP) is 2.62. The van der Waals surface area contributed by atoms with Crippen LogP contribution in [0.25, 0.3) is 0 Å². The van der Waals surface area contributed by atoms with Gasteiger partial charge in [0, 0.05) is 43.8 Å². The van der Waals surface area contributed by atoms with Crippen molar-refractivity contribution in [1.82, 2.24) is 4.90 Å². The minimum atomic E-state index is -0.448. The van der Waals surface area contributed by atoms with Crippen LogP contribution < -0.4 is 5.43 Å². The topological polar surface area (TPSA) is 97.1 Å². The number of non-ortho nitro benzene ring substituents is 1. The molecular formula is C14H18N4O4. The number of nitrogens with zero attached hydrogens (tertiary/aromatic N) is 3. The highest BCUT2D eigenvalue weighted by molar-refractivity contribution is 5.87. The van der Waals surface area contributed by atoms with Crippen LogP contribution in [-0.4, -0.2) is 41.3 Å². The maximum absolute atomic E-state index is 11.6. The van der Waals surface area contributed by atoms with Gasteiger partial charge in [-0.05, 0) is 13.0 Å². The average molecular weight is 306 g/mol. The Labute approximate surface area is 127 Å². The number of hydrogen-bond donors (Lipinski definition) is 1. The number of benzene rings is 1. The Balaban J connectivity index is 1.89. The smallest absolute Gasteiger partial charge is 0.409 e. The lowest BCUT2D eigenvalue weighted by atomic mass is 10.1. The van der Waals surface area contributed by atoms with E-state index in [1.54, 1.807) is 24.0 Å². The molecule has 118 valence electrons. The van der Waals surface area contributed by atoms with E-state index in [1.165, 1.54) is 12.1 Å². The Morgan fingerprint density at radius 1 is 1.45 bits per heavy atom. The maximum Gasteiger partial charge on any atom is 0.409 e. The number of hydrogen-bond acceptors (Lipinski definition) is 6. The normalized spacial score (nSPS) is 14.4. The van der Waals surface area contributed by atoms with Gasteiger partial charge in [0.1, 0.15) is 0 Å². The van der Waals surface area contributed by atoms with Gasteiger partial charge < -0.3 is 9.64 Å². The summed E-state index contributed by atoms with van der Waals surface area (Å²) < 4.78 is 4.95. The fraction of sp³-hybridized carbons (Fsp3) is 0.429. The highest BCUT2D eigenvalue weighted by Gasteiger charge is 2.20. The molecular weight excluding hydrogens is 288 g/mol. The third-order valence-electron chi connectivity index (χ3n) is 3.27. The molecule has 1 fully saturated rings. The van der Waals surface area contributed by atoms with Crippen LogP contribution in [0.3, 0.4) is 0 Å². The van der Waals surface area contributed by atoms with Crippen LogP contribution in [-0.2, 0) is 4.74 Å². The first kappa shape index (κ1) is 15.7. The number of nitrogens with one attached hydrogen (secondary N) is 1. The van der Waals surface area contributed by atoms with Gasteiger partial charge in [-0.2, -0.15) is 5.10 Å². The van der Waals surface area contributed by atoms with Gasteiger partial charge in [0.25, 0.3) is 5.69 Å². The first-order valence-corrected chi connectivity index (χ1v) is 7.07. The summed E-state index contributed by atoms with van der Waals surface area (Å²) in [6.45, 7) is 3.27. The van der Waals surface area contributed by atoms with Crippen LogP contribution in [0, 0.1) is 10.1 Å². The minimum absolute atomic E-state index is 0.0160. The van der Waals surface area contributed by atoms with Gasteiger partial charge in [-0.25, -0.2) is 4.79 Å². The van der Waals surface area contributed by atoms with Gasteiger partial charge in [0.05, 0.1) is 17.2 Å². The fourth-order valence-corrected chi connectivity index (χ4v) is 2.11. The largest absolute Gasteiger partial charge is 0.450 e. The summed E-state index contributed by atoms with van der Waals surface area (Å²) >= 11 is 0. The molecule has 1 saturated heterocycles. The van der Waals surface area contributed by atoms with Gasteiger partial charge in [0.15, 0.2) is 0 Å². The monoisotopic (exact) mass is 306 g/mol. The standard InChI is InChI=1S/C14H18N4O4/c1-2-22-14(19)17-8-6-11(7-9-17)15-16-12-4-3-5-13(10-12)18(20)21/h3-5,10,16H,2,6-9H2,1H3. The van der Waals surface area contributed by atoms with E-state index in [9.17, 15) is 14.9 Å². The zero-order valence-corrected chi connectivity index (χ0v) is 12.3. The molecule has 0 atom stereocenters. The number of rotatable bonds is 4. The van der Waals surface area contributed by atoms with Gasteiger partial charge in [0.2, 0.25) is 0 Å². The number of hydrazone groups is 1. The number of nitro groups is 1. The second-order valence-electron chi connectivity index (χ2n) is 4.78. The van der Waals surface area contributed by atoms with Crippen molar-refractivity contribution in [2.75, 3.05) is 25.1 Å². The average Bonchev–Trinajstić information content (AvgIpc) is 2.54. The summed E-state index contributed by atoms with van der Waals surface area (Å²) in [5.74, 6) is 0. The first-order valence-electron chi connectivity index (χ1n) is 7.07. The number of ether oxygens (including phenoxy) is 1. The molecule has 0 aromatic heterocycles. The second-order valence-corrected chi connectivity index (χ2v) is 4.78. The van der Waals surface area contributed by atoms with Crippen LogP contribution in [0.15, 0.2) is 29.4 Å². The molecule has 0 saturated carbocycles. The van der Waals surface area contributed by atoms with Gasteiger partial charge in [-0.15, -0.1) is 0 Å². The summed E-state index contributed by atoms with van der Waals surface area (Å²) in [7, 11) is 0. The molecule has 8 nitrogen and oxygen atoms in total. The zero-order valence-electron chi connectivity index (χ0n) is 12.3. The van der Waals surface area contributed by atoms with Crippen LogP contribution in [0.4, 0.5) is 16.2 Å². The highest BCUT2D eigenvalue weighted by atomic mass is 16.6. The quantitative estimate of drug-likeness (QED) is 0.681. The Hall–Kier alpha value is -2.64. The first-order chi connectivity index (χ1) is 10.6. The molecule has 2 rings (SSSR count). The Morgan fingerprint density at radius 2 is 2.18 bits per heavy atom. The number of nitro benzene ring substituents is 1. The summed E-state index contributed by atoms with van der Waals surface area (Å²) in [6, 6.07) is 6.17. The molecule has 1 aliphatic rings. The molecule has 1 N–H and O–H groups in total. The second kappa shape index (κ2) is 7.39. The lowest BCUT2D eigenvalue weighted by Gasteiger charge is -2.26. The molecule has 22 heavy (non-hydrogen) atoms. The van der Waals surface area contributed by atoms with E-state index < -0.39 is 4.92 Å².